The van der Waals surface area contributed by atoms with Gasteiger partial charge in [0.25, 0.3) is 0 Å². The second kappa shape index (κ2) is 10.1. The smallest absolute Gasteiger partial charge is 0.333 e. The molecule has 3 saturated carbocycles. The van der Waals surface area contributed by atoms with Gasteiger partial charge < -0.3 is 4.74 Å². The molecular weight excluding hydrogens is 416 g/mol. The lowest BCUT2D eigenvalue weighted by molar-refractivity contribution is -0.146. The summed E-state index contributed by atoms with van der Waals surface area (Å²) in [7, 11) is 0. The first-order chi connectivity index (χ1) is 16.1. The SMILES string of the molecule is C/C=C(\C)C(=O)O[C@H]1CC[C@@]2(C)C(=CC[C@@H]3[C@H]4CC[C@@H]([C@@H](C)CCCC(C)C)[C@@]4(C)CC[C@H]32)C1. The molecule has 4 aliphatic rings. The van der Waals surface area contributed by atoms with E-state index >= 15 is 0 Å². The Hall–Kier alpha value is -1.05. The van der Waals surface area contributed by atoms with Gasteiger partial charge in [-0.1, -0.05) is 71.6 Å². The molecule has 34 heavy (non-hydrogen) atoms. The number of esters is 1. The molecule has 0 aliphatic heterocycles. The zero-order chi connectivity index (χ0) is 24.7. The standard InChI is InChI=1S/C32H52O2/c1-8-22(4)30(33)34-25-16-18-31(6)24(20-25)12-13-26-28-15-14-27(23(5)11-9-10-21(2)3)32(28,7)19-17-29(26)31/h8,12,21,23,25-29H,9-11,13-20H2,1-7H3/b22-8+/t23-,25-,26+,27-,28+,29+,31-,32+/m0/s1. The molecule has 0 amide bonds. The number of hydrogen-bond acceptors (Lipinski definition) is 2. The molecule has 0 aromatic heterocycles. The van der Waals surface area contributed by atoms with Gasteiger partial charge in [0.2, 0.25) is 0 Å². The van der Waals surface area contributed by atoms with Gasteiger partial charge in [0.05, 0.1) is 0 Å². The molecular formula is C32H52O2. The molecule has 0 saturated heterocycles. The van der Waals surface area contributed by atoms with E-state index in [-0.39, 0.29) is 12.1 Å². The van der Waals surface area contributed by atoms with E-state index in [9.17, 15) is 4.79 Å². The highest BCUT2D eigenvalue weighted by molar-refractivity contribution is 5.87. The van der Waals surface area contributed by atoms with Crippen LogP contribution in [-0.2, 0) is 9.53 Å². The van der Waals surface area contributed by atoms with E-state index in [0.717, 1.165) is 53.9 Å². The first kappa shape index (κ1) is 26.0. The summed E-state index contributed by atoms with van der Waals surface area (Å²) in [5, 5.41) is 0. The van der Waals surface area contributed by atoms with Crippen molar-refractivity contribution >= 4 is 5.97 Å². The van der Waals surface area contributed by atoms with Crippen molar-refractivity contribution in [3.05, 3.63) is 23.3 Å². The summed E-state index contributed by atoms with van der Waals surface area (Å²) >= 11 is 0. The van der Waals surface area contributed by atoms with Crippen LogP contribution in [0.25, 0.3) is 0 Å². The van der Waals surface area contributed by atoms with Crippen molar-refractivity contribution < 1.29 is 9.53 Å². The van der Waals surface area contributed by atoms with E-state index in [1.807, 2.05) is 19.9 Å². The van der Waals surface area contributed by atoms with E-state index in [2.05, 4.69) is 40.7 Å². The van der Waals surface area contributed by atoms with Gasteiger partial charge in [-0.2, -0.15) is 0 Å². The molecule has 192 valence electrons. The summed E-state index contributed by atoms with van der Waals surface area (Å²) in [6, 6.07) is 0. The predicted molar refractivity (Wildman–Crippen MR) is 142 cm³/mol. The minimum absolute atomic E-state index is 0.0645. The van der Waals surface area contributed by atoms with Crippen LogP contribution >= 0.6 is 0 Å². The van der Waals surface area contributed by atoms with Gasteiger partial charge in [0.15, 0.2) is 0 Å². The third-order valence-electron chi connectivity index (χ3n) is 11.3. The molecule has 4 rings (SSSR count). The van der Waals surface area contributed by atoms with Crippen molar-refractivity contribution in [2.45, 2.75) is 125 Å². The zero-order valence-corrected chi connectivity index (χ0v) is 23.3. The molecule has 0 aromatic rings. The number of hydrogen-bond donors (Lipinski definition) is 0. The fourth-order valence-corrected chi connectivity index (χ4v) is 9.11. The quantitative estimate of drug-likeness (QED) is 0.212. The van der Waals surface area contributed by atoms with Gasteiger partial charge in [-0.05, 0) is 105 Å². The van der Waals surface area contributed by atoms with Crippen LogP contribution in [0, 0.1) is 46.3 Å². The molecule has 0 spiro atoms. The van der Waals surface area contributed by atoms with Gasteiger partial charge in [0.1, 0.15) is 6.10 Å². The summed E-state index contributed by atoms with van der Waals surface area (Å²) in [6.45, 7) is 16.3. The monoisotopic (exact) mass is 468 g/mol. The molecule has 0 bridgehead atoms. The first-order valence-electron chi connectivity index (χ1n) is 14.6. The highest BCUT2D eigenvalue weighted by Crippen LogP contribution is 2.67. The molecule has 3 fully saturated rings. The maximum atomic E-state index is 12.3. The maximum Gasteiger partial charge on any atom is 0.333 e. The highest BCUT2D eigenvalue weighted by Gasteiger charge is 2.59. The Balaban J connectivity index is 1.44. The van der Waals surface area contributed by atoms with Crippen LogP contribution in [0.4, 0.5) is 0 Å². The molecule has 0 radical (unpaired) electrons. The normalized spacial score (nSPS) is 40.8. The van der Waals surface area contributed by atoms with Gasteiger partial charge in [-0.25, -0.2) is 4.79 Å². The second-order valence-electron chi connectivity index (χ2n) is 13.5. The predicted octanol–water partition coefficient (Wildman–Crippen LogP) is 8.91. The topological polar surface area (TPSA) is 26.3 Å². The minimum atomic E-state index is -0.127. The summed E-state index contributed by atoms with van der Waals surface area (Å²) in [4.78, 5) is 12.3. The summed E-state index contributed by atoms with van der Waals surface area (Å²) in [5.74, 6) is 5.11. The van der Waals surface area contributed by atoms with Crippen molar-refractivity contribution in [3.8, 4) is 0 Å². The van der Waals surface area contributed by atoms with E-state index in [1.54, 1.807) is 5.57 Å². The zero-order valence-electron chi connectivity index (χ0n) is 23.3. The fraction of sp³-hybridized carbons (Fsp3) is 0.844. The molecule has 8 atom stereocenters. The maximum absolute atomic E-state index is 12.3. The molecule has 2 nitrogen and oxygen atoms in total. The summed E-state index contributed by atoms with van der Waals surface area (Å²) in [5.41, 5.74) is 3.21. The Bertz CT molecular complexity index is 806. The summed E-state index contributed by atoms with van der Waals surface area (Å²) in [6.07, 6.45) is 18.9. The summed E-state index contributed by atoms with van der Waals surface area (Å²) < 4.78 is 5.90. The first-order valence-corrected chi connectivity index (χ1v) is 14.6. The number of rotatable bonds is 7. The van der Waals surface area contributed by atoms with E-state index < -0.39 is 0 Å². The average Bonchev–Trinajstić information content (AvgIpc) is 3.15. The molecule has 0 unspecified atom stereocenters. The van der Waals surface area contributed by atoms with Crippen LogP contribution in [0.3, 0.4) is 0 Å². The molecule has 2 heteroatoms. The third kappa shape index (κ3) is 4.69. The van der Waals surface area contributed by atoms with Crippen molar-refractivity contribution in [2.24, 2.45) is 46.3 Å². The van der Waals surface area contributed by atoms with Gasteiger partial charge in [-0.3, -0.25) is 0 Å². The number of carbonyl (C=O) groups excluding carboxylic acids is 1. The second-order valence-corrected chi connectivity index (χ2v) is 13.5. The van der Waals surface area contributed by atoms with E-state index in [1.165, 1.54) is 57.8 Å². The Morgan fingerprint density at radius 2 is 1.85 bits per heavy atom. The van der Waals surface area contributed by atoms with Crippen LogP contribution < -0.4 is 0 Å². The van der Waals surface area contributed by atoms with Crippen LogP contribution in [0.2, 0.25) is 0 Å². The van der Waals surface area contributed by atoms with Crippen LogP contribution in [-0.4, -0.2) is 12.1 Å². The lowest BCUT2D eigenvalue weighted by atomic mass is 9.47. The van der Waals surface area contributed by atoms with Crippen molar-refractivity contribution in [1.29, 1.82) is 0 Å². The molecule has 0 N–H and O–H groups in total. The Kier molecular flexibility index (Phi) is 7.76. The van der Waals surface area contributed by atoms with Gasteiger partial charge in [0, 0.05) is 12.0 Å². The van der Waals surface area contributed by atoms with Crippen LogP contribution in [0.5, 0.6) is 0 Å². The van der Waals surface area contributed by atoms with Gasteiger partial charge >= 0.3 is 5.97 Å². The lowest BCUT2D eigenvalue weighted by Crippen LogP contribution is -2.51. The molecule has 0 aromatic carbocycles. The largest absolute Gasteiger partial charge is 0.459 e. The van der Waals surface area contributed by atoms with Gasteiger partial charge in [-0.15, -0.1) is 0 Å². The number of allylic oxidation sites excluding steroid dienone is 2. The van der Waals surface area contributed by atoms with E-state index in [4.69, 9.17) is 4.74 Å². The Morgan fingerprint density at radius 1 is 1.09 bits per heavy atom. The minimum Gasteiger partial charge on any atom is -0.459 e. The number of carbonyl (C=O) groups is 1. The van der Waals surface area contributed by atoms with Crippen LogP contribution in [0.15, 0.2) is 23.3 Å². The average molecular weight is 469 g/mol. The fourth-order valence-electron chi connectivity index (χ4n) is 9.11. The van der Waals surface area contributed by atoms with Crippen molar-refractivity contribution in [2.75, 3.05) is 0 Å². The van der Waals surface area contributed by atoms with Crippen molar-refractivity contribution in [1.82, 2.24) is 0 Å². The highest BCUT2D eigenvalue weighted by atomic mass is 16.5. The Morgan fingerprint density at radius 3 is 2.56 bits per heavy atom. The van der Waals surface area contributed by atoms with E-state index in [0.29, 0.717) is 10.8 Å². The van der Waals surface area contributed by atoms with Crippen molar-refractivity contribution in [3.63, 3.8) is 0 Å². The number of ether oxygens (including phenoxy) is 1. The number of fused-ring (bicyclic) bond motifs is 5. The van der Waals surface area contributed by atoms with Crippen LogP contribution in [0.1, 0.15) is 119 Å². The third-order valence-corrected chi connectivity index (χ3v) is 11.3. The molecule has 4 aliphatic carbocycles. The Labute approximate surface area is 210 Å². The lowest BCUT2D eigenvalue weighted by Gasteiger charge is -2.58. The molecule has 0 heterocycles.